The zero-order valence-electron chi connectivity index (χ0n) is 16.1. The van der Waals surface area contributed by atoms with E-state index < -0.39 is 5.79 Å². The molecule has 152 valence electrons. The molecule has 0 spiro atoms. The fourth-order valence-electron chi connectivity index (χ4n) is 4.76. The molecule has 29 heavy (non-hydrogen) atoms. The summed E-state index contributed by atoms with van der Waals surface area (Å²) in [5, 5.41) is 1.97. The van der Waals surface area contributed by atoms with Crippen LogP contribution in [-0.2, 0) is 9.47 Å². The standard InChI is InChI=1S/C21H22Cl2N4O2/c1-21(2)28-17-14(16(24)11-3-5-12(22)6-4-11)9-15(18(17)29-21)27-8-7-13-19(23)25-10-26-20(13)27/h3-8,10,14-18H,9,24H2,1-2H3/t14-,15-,16-,17-,18+/m1/s1. The number of fused-ring (bicyclic) bond motifs is 2. The van der Waals surface area contributed by atoms with Crippen LogP contribution in [0.25, 0.3) is 11.0 Å². The molecular weight excluding hydrogens is 411 g/mol. The van der Waals surface area contributed by atoms with Crippen LogP contribution in [0.5, 0.6) is 0 Å². The molecule has 0 radical (unpaired) electrons. The summed E-state index contributed by atoms with van der Waals surface area (Å²) in [6.45, 7) is 3.89. The lowest BCUT2D eigenvalue weighted by molar-refractivity contribution is -0.161. The first kappa shape index (κ1) is 19.3. The molecule has 1 aliphatic heterocycles. The molecule has 8 heteroatoms. The molecule has 6 nitrogen and oxygen atoms in total. The van der Waals surface area contributed by atoms with E-state index >= 15 is 0 Å². The Morgan fingerprint density at radius 3 is 2.59 bits per heavy atom. The van der Waals surface area contributed by atoms with Gasteiger partial charge >= 0.3 is 0 Å². The maximum Gasteiger partial charge on any atom is 0.163 e. The van der Waals surface area contributed by atoms with Gasteiger partial charge < -0.3 is 19.8 Å². The van der Waals surface area contributed by atoms with Gasteiger partial charge in [-0.2, -0.15) is 0 Å². The van der Waals surface area contributed by atoms with Gasteiger partial charge in [-0.3, -0.25) is 0 Å². The van der Waals surface area contributed by atoms with Gasteiger partial charge in [0, 0.05) is 23.2 Å². The summed E-state index contributed by atoms with van der Waals surface area (Å²) < 4.78 is 14.8. The predicted molar refractivity (Wildman–Crippen MR) is 112 cm³/mol. The average molecular weight is 433 g/mol. The van der Waals surface area contributed by atoms with Crippen molar-refractivity contribution in [3.8, 4) is 0 Å². The summed E-state index contributed by atoms with van der Waals surface area (Å²) in [5.74, 6) is -0.579. The Morgan fingerprint density at radius 2 is 1.83 bits per heavy atom. The Balaban J connectivity index is 1.53. The molecule has 1 aliphatic carbocycles. The first-order valence-corrected chi connectivity index (χ1v) is 10.4. The first-order valence-electron chi connectivity index (χ1n) is 9.68. The van der Waals surface area contributed by atoms with E-state index in [1.807, 2.05) is 50.4 Å². The molecule has 2 fully saturated rings. The van der Waals surface area contributed by atoms with Crippen molar-refractivity contribution in [2.75, 3.05) is 0 Å². The van der Waals surface area contributed by atoms with Gasteiger partial charge in [-0.05, 0) is 44.0 Å². The number of halogens is 2. The van der Waals surface area contributed by atoms with Crippen molar-refractivity contribution in [2.24, 2.45) is 11.7 Å². The topological polar surface area (TPSA) is 75.2 Å². The van der Waals surface area contributed by atoms with E-state index in [2.05, 4.69) is 14.5 Å². The SMILES string of the molecule is CC1(C)O[C@@H]2[C@@H]([C@H](N)c3ccc(Cl)cc3)C[C@@H](n3ccc4c(Cl)ncnc43)[C@@H]2O1. The summed E-state index contributed by atoms with van der Waals surface area (Å²) in [5.41, 5.74) is 8.54. The van der Waals surface area contributed by atoms with Crippen molar-refractivity contribution in [3.05, 3.63) is 58.6 Å². The average Bonchev–Trinajstić information content (AvgIpc) is 3.33. The second-order valence-electron chi connectivity index (χ2n) is 8.23. The number of ether oxygens (including phenoxy) is 2. The van der Waals surface area contributed by atoms with Crippen LogP contribution < -0.4 is 5.73 Å². The van der Waals surface area contributed by atoms with E-state index in [1.165, 1.54) is 6.33 Å². The number of nitrogens with zero attached hydrogens (tertiary/aromatic N) is 3. The lowest BCUT2D eigenvalue weighted by Gasteiger charge is -2.27. The largest absolute Gasteiger partial charge is 0.344 e. The van der Waals surface area contributed by atoms with E-state index in [1.54, 1.807) is 0 Å². The van der Waals surface area contributed by atoms with Gasteiger partial charge in [0.2, 0.25) is 0 Å². The highest BCUT2D eigenvalue weighted by Crippen LogP contribution is 2.50. The van der Waals surface area contributed by atoms with Crippen LogP contribution in [0.2, 0.25) is 10.2 Å². The van der Waals surface area contributed by atoms with Gasteiger partial charge in [0.1, 0.15) is 23.2 Å². The highest BCUT2D eigenvalue weighted by molar-refractivity contribution is 6.33. The molecule has 0 unspecified atom stereocenters. The second-order valence-corrected chi connectivity index (χ2v) is 9.03. The number of hydrogen-bond donors (Lipinski definition) is 1. The molecule has 0 bridgehead atoms. The van der Waals surface area contributed by atoms with Gasteiger partial charge in [-0.25, -0.2) is 9.97 Å². The molecule has 0 amide bonds. The van der Waals surface area contributed by atoms with Crippen LogP contribution in [0.1, 0.15) is 37.9 Å². The van der Waals surface area contributed by atoms with Gasteiger partial charge in [0.15, 0.2) is 5.79 Å². The predicted octanol–water partition coefficient (Wildman–Crippen LogP) is 4.52. The summed E-state index contributed by atoms with van der Waals surface area (Å²) >= 11 is 12.3. The third-order valence-electron chi connectivity index (χ3n) is 6.01. The van der Waals surface area contributed by atoms with Crippen molar-refractivity contribution in [1.29, 1.82) is 0 Å². The van der Waals surface area contributed by atoms with Gasteiger partial charge in [0.05, 0.1) is 17.5 Å². The van der Waals surface area contributed by atoms with Crippen molar-refractivity contribution < 1.29 is 9.47 Å². The van der Waals surface area contributed by atoms with Crippen LogP contribution in [0.3, 0.4) is 0 Å². The highest BCUT2D eigenvalue weighted by Gasteiger charge is 2.56. The zero-order chi connectivity index (χ0) is 20.3. The van der Waals surface area contributed by atoms with Gasteiger partial charge in [-0.15, -0.1) is 0 Å². The Hall–Kier alpha value is -1.70. The van der Waals surface area contributed by atoms with Crippen LogP contribution in [0.15, 0.2) is 42.9 Å². The summed E-state index contributed by atoms with van der Waals surface area (Å²) in [6.07, 6.45) is 4.05. The Labute approximate surface area is 178 Å². The molecule has 2 N–H and O–H groups in total. The summed E-state index contributed by atoms with van der Waals surface area (Å²) in [6, 6.07) is 9.49. The minimum atomic E-state index is -0.665. The van der Waals surface area contributed by atoms with E-state index in [4.69, 9.17) is 38.4 Å². The molecule has 2 aliphatic rings. The molecule has 2 aromatic heterocycles. The van der Waals surface area contributed by atoms with Crippen molar-refractivity contribution in [3.63, 3.8) is 0 Å². The van der Waals surface area contributed by atoms with E-state index in [-0.39, 0.29) is 30.2 Å². The minimum absolute atomic E-state index is 0.0357. The molecule has 3 heterocycles. The van der Waals surface area contributed by atoms with E-state index in [0.29, 0.717) is 10.2 Å². The number of aromatic nitrogens is 3. The van der Waals surface area contributed by atoms with Crippen LogP contribution in [0.4, 0.5) is 0 Å². The lowest BCUT2D eigenvalue weighted by Crippen LogP contribution is -2.32. The minimum Gasteiger partial charge on any atom is -0.344 e. The lowest BCUT2D eigenvalue weighted by atomic mass is 9.90. The Bertz CT molecular complexity index is 1050. The Kier molecular flexibility index (Phi) is 4.60. The number of rotatable bonds is 3. The molecule has 5 rings (SSSR count). The van der Waals surface area contributed by atoms with Crippen LogP contribution in [0, 0.1) is 5.92 Å². The van der Waals surface area contributed by atoms with Gasteiger partial charge in [0.25, 0.3) is 0 Å². The summed E-state index contributed by atoms with van der Waals surface area (Å²) in [7, 11) is 0. The maximum absolute atomic E-state index is 6.71. The molecule has 1 saturated carbocycles. The monoisotopic (exact) mass is 432 g/mol. The van der Waals surface area contributed by atoms with E-state index in [9.17, 15) is 0 Å². The second kappa shape index (κ2) is 6.93. The third-order valence-corrected chi connectivity index (χ3v) is 6.57. The summed E-state index contributed by atoms with van der Waals surface area (Å²) in [4.78, 5) is 8.54. The first-order chi connectivity index (χ1) is 13.8. The number of benzene rings is 1. The third kappa shape index (κ3) is 3.23. The molecule has 5 atom stereocenters. The quantitative estimate of drug-likeness (QED) is 0.615. The number of hydrogen-bond acceptors (Lipinski definition) is 5. The zero-order valence-corrected chi connectivity index (χ0v) is 17.6. The van der Waals surface area contributed by atoms with Crippen molar-refractivity contribution in [1.82, 2.24) is 14.5 Å². The van der Waals surface area contributed by atoms with Crippen molar-refractivity contribution >= 4 is 34.2 Å². The highest BCUT2D eigenvalue weighted by atomic mass is 35.5. The molecule has 1 saturated heterocycles. The van der Waals surface area contributed by atoms with Gasteiger partial charge in [-0.1, -0.05) is 35.3 Å². The Morgan fingerprint density at radius 1 is 1.10 bits per heavy atom. The number of nitrogens with two attached hydrogens (primary N) is 1. The fraction of sp³-hybridized carbons (Fsp3) is 0.429. The molecule has 1 aromatic carbocycles. The smallest absolute Gasteiger partial charge is 0.163 e. The van der Waals surface area contributed by atoms with Crippen LogP contribution in [-0.4, -0.2) is 32.5 Å². The van der Waals surface area contributed by atoms with Crippen LogP contribution >= 0.6 is 23.2 Å². The molecular formula is C21H22Cl2N4O2. The van der Waals surface area contributed by atoms with E-state index in [0.717, 1.165) is 23.0 Å². The normalized spacial score (nSPS) is 29.3. The fourth-order valence-corrected chi connectivity index (χ4v) is 5.07. The van der Waals surface area contributed by atoms with Crippen molar-refractivity contribution in [2.45, 2.75) is 50.3 Å². The maximum atomic E-state index is 6.71. The molecule has 3 aromatic rings.